The van der Waals surface area contributed by atoms with Crippen LogP contribution in [0.3, 0.4) is 0 Å². The van der Waals surface area contributed by atoms with Gasteiger partial charge < -0.3 is 14.2 Å². The summed E-state index contributed by atoms with van der Waals surface area (Å²) in [6.07, 6.45) is 69.8. The monoisotopic (exact) mass is 953 g/mol. The van der Waals surface area contributed by atoms with Crippen molar-refractivity contribution in [2.24, 2.45) is 0 Å². The van der Waals surface area contributed by atoms with Crippen LogP contribution in [0.2, 0.25) is 0 Å². The van der Waals surface area contributed by atoms with Crippen LogP contribution >= 0.6 is 0 Å². The van der Waals surface area contributed by atoms with Crippen LogP contribution in [-0.2, 0) is 28.6 Å². The molecule has 0 rings (SSSR count). The van der Waals surface area contributed by atoms with Crippen molar-refractivity contribution in [2.45, 2.75) is 316 Å². The fourth-order valence-electron chi connectivity index (χ4n) is 8.56. The molecule has 6 nitrogen and oxygen atoms in total. The van der Waals surface area contributed by atoms with Crippen LogP contribution < -0.4 is 0 Å². The molecular formula is C62H112O6. The Bertz CT molecular complexity index is 1190. The van der Waals surface area contributed by atoms with Crippen molar-refractivity contribution in [1.29, 1.82) is 0 Å². The smallest absolute Gasteiger partial charge is 0.306 e. The second-order valence-electron chi connectivity index (χ2n) is 19.9. The summed E-state index contributed by atoms with van der Waals surface area (Å²) < 4.78 is 16.8. The largest absolute Gasteiger partial charge is 0.462 e. The molecule has 0 aromatic carbocycles. The first-order valence-corrected chi connectivity index (χ1v) is 29.6. The molecule has 0 saturated heterocycles. The Kier molecular flexibility index (Phi) is 54.8. The number of allylic oxidation sites excluding steroid dienone is 8. The lowest BCUT2D eigenvalue weighted by Crippen LogP contribution is -2.30. The zero-order valence-corrected chi connectivity index (χ0v) is 45.4. The Morgan fingerprint density at radius 1 is 0.294 bits per heavy atom. The Labute approximate surface area is 422 Å². The van der Waals surface area contributed by atoms with E-state index in [2.05, 4.69) is 69.4 Å². The molecule has 1 unspecified atom stereocenters. The molecule has 0 saturated carbocycles. The molecule has 0 fully saturated rings. The maximum Gasteiger partial charge on any atom is 0.306 e. The lowest BCUT2D eigenvalue weighted by molar-refractivity contribution is -0.167. The van der Waals surface area contributed by atoms with E-state index in [1.54, 1.807) is 0 Å². The van der Waals surface area contributed by atoms with Gasteiger partial charge in [0.15, 0.2) is 6.10 Å². The summed E-state index contributed by atoms with van der Waals surface area (Å²) in [5.41, 5.74) is 0. The first-order chi connectivity index (χ1) is 33.5. The standard InChI is InChI=1S/C62H112O6/c1-4-7-10-13-16-19-21-23-25-27-28-29-30-31-32-33-34-36-37-39-41-43-46-49-52-55-61(64)67-58-59(57-66-60(63)54-51-48-45-18-15-12-9-6-3)68-62(65)56-53-50-47-44-42-40-38-35-26-24-22-20-17-14-11-8-5-2/h17,20-21,23-24,26-28,59H,4-16,18-19,22,25,29-58H2,1-3H3/b20-17-,23-21-,26-24-,28-27-. The van der Waals surface area contributed by atoms with Gasteiger partial charge in [0.25, 0.3) is 0 Å². The van der Waals surface area contributed by atoms with E-state index >= 15 is 0 Å². The molecule has 0 N–H and O–H groups in total. The van der Waals surface area contributed by atoms with E-state index in [1.807, 2.05) is 0 Å². The second kappa shape index (κ2) is 57.0. The van der Waals surface area contributed by atoms with E-state index in [1.165, 1.54) is 193 Å². The molecule has 0 bridgehead atoms. The van der Waals surface area contributed by atoms with Crippen LogP contribution in [-0.4, -0.2) is 37.2 Å². The highest BCUT2D eigenvalue weighted by Gasteiger charge is 2.19. The van der Waals surface area contributed by atoms with Crippen LogP contribution in [0.4, 0.5) is 0 Å². The van der Waals surface area contributed by atoms with Crippen molar-refractivity contribution in [3.8, 4) is 0 Å². The Hall–Kier alpha value is -2.63. The number of rotatable bonds is 54. The summed E-state index contributed by atoms with van der Waals surface area (Å²) in [7, 11) is 0. The van der Waals surface area contributed by atoms with Crippen LogP contribution in [0.15, 0.2) is 48.6 Å². The number of hydrogen-bond acceptors (Lipinski definition) is 6. The van der Waals surface area contributed by atoms with E-state index < -0.39 is 6.10 Å². The van der Waals surface area contributed by atoms with E-state index in [4.69, 9.17) is 14.2 Å². The van der Waals surface area contributed by atoms with Gasteiger partial charge in [0, 0.05) is 19.3 Å². The maximum absolute atomic E-state index is 12.8. The number of carbonyl (C=O) groups excluding carboxylic acids is 3. The predicted octanol–water partition coefficient (Wildman–Crippen LogP) is 19.8. The van der Waals surface area contributed by atoms with Gasteiger partial charge in [-0.1, -0.05) is 256 Å². The minimum absolute atomic E-state index is 0.0740. The van der Waals surface area contributed by atoms with Gasteiger partial charge in [-0.2, -0.15) is 0 Å². The van der Waals surface area contributed by atoms with E-state index in [0.29, 0.717) is 19.3 Å². The van der Waals surface area contributed by atoms with Crippen LogP contribution in [0.25, 0.3) is 0 Å². The maximum atomic E-state index is 12.8. The zero-order valence-electron chi connectivity index (χ0n) is 45.4. The minimum Gasteiger partial charge on any atom is -0.462 e. The van der Waals surface area contributed by atoms with Crippen LogP contribution in [0.5, 0.6) is 0 Å². The van der Waals surface area contributed by atoms with Gasteiger partial charge in [-0.25, -0.2) is 0 Å². The summed E-state index contributed by atoms with van der Waals surface area (Å²) in [5, 5.41) is 0. The molecule has 0 aliphatic heterocycles. The normalized spacial score (nSPS) is 12.3. The summed E-state index contributed by atoms with van der Waals surface area (Å²) in [5.74, 6) is -0.874. The SMILES string of the molecule is CCCCC/C=C\C/C=C\CCCCCCCCCC(=O)OC(COC(=O)CCCCCCCCCC)COC(=O)CCCCCCCCCCCCCCC/C=C\C/C=C\CCCCCCC. The molecule has 0 aromatic heterocycles. The van der Waals surface area contributed by atoms with E-state index in [0.717, 1.165) is 77.0 Å². The van der Waals surface area contributed by atoms with E-state index in [9.17, 15) is 14.4 Å². The van der Waals surface area contributed by atoms with Crippen molar-refractivity contribution in [3.05, 3.63) is 48.6 Å². The van der Waals surface area contributed by atoms with Crippen LogP contribution in [0.1, 0.15) is 310 Å². The number of esters is 3. The van der Waals surface area contributed by atoms with Gasteiger partial charge in [-0.15, -0.1) is 0 Å². The molecule has 0 aliphatic carbocycles. The molecule has 0 spiro atoms. The first kappa shape index (κ1) is 65.4. The van der Waals surface area contributed by atoms with Crippen molar-refractivity contribution in [3.63, 3.8) is 0 Å². The third kappa shape index (κ3) is 54.3. The topological polar surface area (TPSA) is 78.9 Å². The fourth-order valence-corrected chi connectivity index (χ4v) is 8.56. The number of unbranched alkanes of at least 4 members (excludes halogenated alkanes) is 35. The quantitative estimate of drug-likeness (QED) is 0.0262. The molecule has 1 atom stereocenters. The third-order valence-electron chi connectivity index (χ3n) is 13.1. The van der Waals surface area contributed by atoms with Crippen molar-refractivity contribution in [2.75, 3.05) is 13.2 Å². The average Bonchev–Trinajstić information content (AvgIpc) is 3.34. The van der Waals surface area contributed by atoms with Gasteiger partial charge in [-0.05, 0) is 83.5 Å². The number of ether oxygens (including phenoxy) is 3. The van der Waals surface area contributed by atoms with Gasteiger partial charge >= 0.3 is 17.9 Å². The molecular weight excluding hydrogens is 841 g/mol. The molecule has 0 amide bonds. The number of hydrogen-bond donors (Lipinski definition) is 0. The molecule has 0 aromatic rings. The molecule has 0 radical (unpaired) electrons. The van der Waals surface area contributed by atoms with Gasteiger partial charge in [0.1, 0.15) is 13.2 Å². The van der Waals surface area contributed by atoms with E-state index in [-0.39, 0.29) is 31.1 Å². The highest BCUT2D eigenvalue weighted by molar-refractivity contribution is 5.71. The lowest BCUT2D eigenvalue weighted by atomic mass is 10.0. The summed E-state index contributed by atoms with van der Waals surface area (Å²) in [4.78, 5) is 38.0. The molecule has 68 heavy (non-hydrogen) atoms. The summed E-state index contributed by atoms with van der Waals surface area (Å²) in [6.45, 7) is 6.60. The van der Waals surface area contributed by atoms with Gasteiger partial charge in [-0.3, -0.25) is 14.4 Å². The minimum atomic E-state index is -0.774. The van der Waals surface area contributed by atoms with Crippen molar-refractivity contribution >= 4 is 17.9 Å². The molecule has 0 aliphatic rings. The molecule has 6 heteroatoms. The highest BCUT2D eigenvalue weighted by Crippen LogP contribution is 2.16. The third-order valence-corrected chi connectivity index (χ3v) is 13.1. The van der Waals surface area contributed by atoms with Crippen molar-refractivity contribution in [1.82, 2.24) is 0 Å². The lowest BCUT2D eigenvalue weighted by Gasteiger charge is -2.18. The average molecular weight is 954 g/mol. The first-order valence-electron chi connectivity index (χ1n) is 29.6. The fraction of sp³-hybridized carbons (Fsp3) is 0.823. The van der Waals surface area contributed by atoms with Crippen molar-refractivity contribution < 1.29 is 28.6 Å². The summed E-state index contributed by atoms with van der Waals surface area (Å²) in [6, 6.07) is 0. The highest BCUT2D eigenvalue weighted by atomic mass is 16.6. The Balaban J connectivity index is 4.17. The summed E-state index contributed by atoms with van der Waals surface area (Å²) >= 11 is 0. The molecule has 0 heterocycles. The Morgan fingerprint density at radius 3 is 0.838 bits per heavy atom. The Morgan fingerprint density at radius 2 is 0.529 bits per heavy atom. The second-order valence-corrected chi connectivity index (χ2v) is 19.9. The number of carbonyl (C=O) groups is 3. The van der Waals surface area contributed by atoms with Gasteiger partial charge in [0.2, 0.25) is 0 Å². The zero-order chi connectivity index (χ0) is 49.3. The molecule has 396 valence electrons. The van der Waals surface area contributed by atoms with Crippen LogP contribution in [0, 0.1) is 0 Å². The van der Waals surface area contributed by atoms with Gasteiger partial charge in [0.05, 0.1) is 0 Å². The predicted molar refractivity (Wildman–Crippen MR) is 293 cm³/mol.